The van der Waals surface area contributed by atoms with Crippen molar-refractivity contribution >= 4 is 29.1 Å². The van der Waals surface area contributed by atoms with E-state index in [1.54, 1.807) is 13.0 Å². The lowest BCUT2D eigenvalue weighted by atomic mass is 10.4. The number of hydrogen-bond acceptors (Lipinski definition) is 5. The van der Waals surface area contributed by atoms with Crippen LogP contribution in [0.3, 0.4) is 0 Å². The summed E-state index contributed by atoms with van der Waals surface area (Å²) in [4.78, 5) is 31.3. The first kappa shape index (κ1) is 14.0. The van der Waals surface area contributed by atoms with E-state index in [2.05, 4.69) is 15.3 Å². The number of anilines is 2. The maximum atomic E-state index is 11.8. The topological polar surface area (TPSA) is 103 Å². The molecule has 0 bridgehead atoms. The van der Waals surface area contributed by atoms with E-state index in [4.69, 9.17) is 17.3 Å². The van der Waals surface area contributed by atoms with Gasteiger partial charge in [0.2, 0.25) is 11.9 Å². The van der Waals surface area contributed by atoms with Crippen molar-refractivity contribution < 1.29 is 4.79 Å². The van der Waals surface area contributed by atoms with E-state index >= 15 is 0 Å². The van der Waals surface area contributed by atoms with Gasteiger partial charge in [-0.3, -0.25) is 14.9 Å². The molecule has 0 fully saturated rings. The summed E-state index contributed by atoms with van der Waals surface area (Å²) < 4.78 is 1.20. The highest BCUT2D eigenvalue weighted by Crippen LogP contribution is 2.09. The fraction of sp³-hybridized carbons (Fsp3) is 0.167. The minimum atomic E-state index is -0.445. The number of nitrogen functional groups attached to an aromatic ring is 1. The predicted molar refractivity (Wildman–Crippen MR) is 75.5 cm³/mol. The molecule has 1 amide bonds. The highest BCUT2D eigenvalue weighted by molar-refractivity contribution is 6.29. The molecule has 3 N–H and O–H groups in total. The molecule has 2 rings (SSSR count). The van der Waals surface area contributed by atoms with Gasteiger partial charge in [-0.05, 0) is 19.1 Å². The fourth-order valence-electron chi connectivity index (χ4n) is 1.58. The Morgan fingerprint density at radius 2 is 2.20 bits per heavy atom. The third-order valence-corrected chi connectivity index (χ3v) is 2.59. The van der Waals surface area contributed by atoms with Crippen molar-refractivity contribution in [2.24, 2.45) is 0 Å². The van der Waals surface area contributed by atoms with Crippen LogP contribution in [0.4, 0.5) is 11.6 Å². The molecule has 2 aromatic rings. The van der Waals surface area contributed by atoms with Crippen LogP contribution in [0.5, 0.6) is 0 Å². The average Bonchev–Trinajstić information content (AvgIpc) is 2.32. The number of hydrogen-bond donors (Lipinski definition) is 2. The summed E-state index contributed by atoms with van der Waals surface area (Å²) in [5.41, 5.74) is 6.26. The van der Waals surface area contributed by atoms with Crippen LogP contribution in [0, 0.1) is 6.92 Å². The number of carbonyl (C=O) groups excluding carboxylic acids is 1. The lowest BCUT2D eigenvalue weighted by Gasteiger charge is -2.07. The largest absolute Gasteiger partial charge is 0.398 e. The van der Waals surface area contributed by atoms with E-state index in [1.165, 1.54) is 22.9 Å². The number of carbonyl (C=O) groups is 1. The molecule has 8 heteroatoms. The molecule has 0 spiro atoms. The van der Waals surface area contributed by atoms with Crippen LogP contribution >= 0.6 is 11.6 Å². The van der Waals surface area contributed by atoms with Crippen molar-refractivity contribution in [2.45, 2.75) is 13.5 Å². The molecule has 7 nitrogen and oxygen atoms in total. The number of nitrogens with zero attached hydrogens (tertiary/aromatic N) is 3. The molecule has 0 atom stereocenters. The van der Waals surface area contributed by atoms with Crippen molar-refractivity contribution in [3.8, 4) is 0 Å². The lowest BCUT2D eigenvalue weighted by molar-refractivity contribution is -0.116. The van der Waals surface area contributed by atoms with Gasteiger partial charge in [0.05, 0.1) is 0 Å². The van der Waals surface area contributed by atoms with E-state index in [9.17, 15) is 9.59 Å². The van der Waals surface area contributed by atoms with Crippen molar-refractivity contribution in [2.75, 3.05) is 11.1 Å². The van der Waals surface area contributed by atoms with Gasteiger partial charge in [-0.1, -0.05) is 11.6 Å². The van der Waals surface area contributed by atoms with E-state index in [0.29, 0.717) is 11.4 Å². The number of rotatable bonds is 3. The van der Waals surface area contributed by atoms with Gasteiger partial charge in [0, 0.05) is 23.6 Å². The summed E-state index contributed by atoms with van der Waals surface area (Å²) in [6.45, 7) is 1.55. The zero-order valence-electron chi connectivity index (χ0n) is 10.6. The second-order valence-electron chi connectivity index (χ2n) is 4.13. The summed E-state index contributed by atoms with van der Waals surface area (Å²) in [6.07, 6.45) is 1.39. The molecule has 20 heavy (non-hydrogen) atoms. The van der Waals surface area contributed by atoms with Gasteiger partial charge in [0.25, 0.3) is 5.56 Å². The van der Waals surface area contributed by atoms with Crippen LogP contribution in [0.2, 0.25) is 5.15 Å². The van der Waals surface area contributed by atoms with Crippen LogP contribution in [0.15, 0.2) is 29.2 Å². The molecule has 2 heterocycles. The first-order chi connectivity index (χ1) is 9.44. The Bertz CT molecular complexity index is 693. The molecule has 2 aromatic heterocycles. The van der Waals surface area contributed by atoms with Crippen LogP contribution < -0.4 is 16.6 Å². The van der Waals surface area contributed by atoms with Crippen molar-refractivity contribution in [1.29, 1.82) is 0 Å². The van der Waals surface area contributed by atoms with E-state index in [1.807, 2.05) is 0 Å². The van der Waals surface area contributed by atoms with Gasteiger partial charge < -0.3 is 10.3 Å². The number of nitrogens with two attached hydrogens (primary N) is 1. The number of aryl methyl sites for hydroxylation is 1. The minimum Gasteiger partial charge on any atom is -0.398 e. The highest BCUT2D eigenvalue weighted by Gasteiger charge is 2.08. The SMILES string of the molecule is Cc1cc(Cl)nc(NC(=O)Cn2cc(N)ccc2=O)n1. The second-order valence-corrected chi connectivity index (χ2v) is 4.52. The Morgan fingerprint density at radius 1 is 1.45 bits per heavy atom. The van der Waals surface area contributed by atoms with Crippen LogP contribution in [-0.2, 0) is 11.3 Å². The Balaban J connectivity index is 2.13. The van der Waals surface area contributed by atoms with Gasteiger partial charge in [0.15, 0.2) is 0 Å². The van der Waals surface area contributed by atoms with Gasteiger partial charge in [-0.15, -0.1) is 0 Å². The summed E-state index contributed by atoms with van der Waals surface area (Å²) in [5.74, 6) is -0.351. The summed E-state index contributed by atoms with van der Waals surface area (Å²) >= 11 is 5.77. The zero-order chi connectivity index (χ0) is 14.7. The third kappa shape index (κ3) is 3.55. The van der Waals surface area contributed by atoms with E-state index in [0.717, 1.165) is 0 Å². The number of halogens is 1. The smallest absolute Gasteiger partial charge is 0.251 e. The summed E-state index contributed by atoms with van der Waals surface area (Å²) in [7, 11) is 0. The van der Waals surface area contributed by atoms with E-state index in [-0.39, 0.29) is 23.2 Å². The maximum Gasteiger partial charge on any atom is 0.251 e. The number of aromatic nitrogens is 3. The molecule has 0 aliphatic rings. The predicted octanol–water partition coefficient (Wildman–Crippen LogP) is 0.821. The third-order valence-electron chi connectivity index (χ3n) is 2.39. The van der Waals surface area contributed by atoms with Gasteiger partial charge in [-0.2, -0.15) is 0 Å². The molecule has 0 unspecified atom stereocenters. The van der Waals surface area contributed by atoms with Crippen molar-refractivity contribution in [3.05, 3.63) is 45.6 Å². The fourth-order valence-corrected chi connectivity index (χ4v) is 1.82. The molecule has 0 radical (unpaired) electrons. The molecular weight excluding hydrogens is 282 g/mol. The van der Waals surface area contributed by atoms with Crippen LogP contribution in [-0.4, -0.2) is 20.4 Å². The number of nitrogens with one attached hydrogen (secondary N) is 1. The van der Waals surface area contributed by atoms with Gasteiger partial charge >= 0.3 is 0 Å². The Labute approximate surface area is 119 Å². The number of pyridine rings is 1. The van der Waals surface area contributed by atoms with Gasteiger partial charge in [0.1, 0.15) is 11.7 Å². The minimum absolute atomic E-state index is 0.0944. The Morgan fingerprint density at radius 3 is 2.90 bits per heavy atom. The second kappa shape index (κ2) is 5.70. The molecule has 0 aliphatic carbocycles. The first-order valence-electron chi connectivity index (χ1n) is 5.71. The van der Waals surface area contributed by atoms with Gasteiger partial charge in [-0.25, -0.2) is 9.97 Å². The first-order valence-corrected chi connectivity index (χ1v) is 6.09. The monoisotopic (exact) mass is 293 g/mol. The highest BCUT2D eigenvalue weighted by atomic mass is 35.5. The summed E-state index contributed by atoms with van der Waals surface area (Å²) in [5, 5.41) is 2.70. The van der Waals surface area contributed by atoms with E-state index < -0.39 is 5.91 Å². The lowest BCUT2D eigenvalue weighted by Crippen LogP contribution is -2.27. The van der Waals surface area contributed by atoms with Crippen molar-refractivity contribution in [1.82, 2.24) is 14.5 Å². The standard InChI is InChI=1S/C12H12ClN5O2/c1-7-4-9(13)16-12(15-7)17-10(19)6-18-5-8(14)2-3-11(18)20/h2-5H,6,14H2,1H3,(H,15,16,17,19). The quantitative estimate of drug-likeness (QED) is 0.816. The molecule has 0 saturated heterocycles. The zero-order valence-corrected chi connectivity index (χ0v) is 11.4. The maximum absolute atomic E-state index is 11.8. The normalized spacial score (nSPS) is 10.3. The molecular formula is C12H12ClN5O2. The molecule has 0 saturated carbocycles. The van der Waals surface area contributed by atoms with Crippen LogP contribution in [0.1, 0.15) is 5.69 Å². The molecule has 104 valence electrons. The average molecular weight is 294 g/mol. The van der Waals surface area contributed by atoms with Crippen LogP contribution in [0.25, 0.3) is 0 Å². The molecule has 0 aliphatic heterocycles. The van der Waals surface area contributed by atoms with Crippen molar-refractivity contribution in [3.63, 3.8) is 0 Å². The summed E-state index contributed by atoms with van der Waals surface area (Å²) in [6, 6.07) is 4.34. The number of amides is 1. The molecule has 0 aromatic carbocycles. The Hall–Kier alpha value is -2.41. The Kier molecular flexibility index (Phi) is 3.99.